The summed E-state index contributed by atoms with van der Waals surface area (Å²) in [5.41, 5.74) is 1.24. The summed E-state index contributed by atoms with van der Waals surface area (Å²) in [7, 11) is -3.61. The van der Waals surface area contributed by atoms with E-state index in [4.69, 9.17) is 0 Å². The van der Waals surface area contributed by atoms with Crippen LogP contribution in [0.1, 0.15) is 23.3 Å². The maximum atomic E-state index is 12.1. The van der Waals surface area contributed by atoms with Crippen LogP contribution in [-0.2, 0) is 22.9 Å². The molecule has 0 unspecified atom stereocenters. The second-order valence-electron chi connectivity index (χ2n) is 4.55. The van der Waals surface area contributed by atoms with Gasteiger partial charge in [0, 0.05) is 5.56 Å². The number of benzene rings is 1. The smallest absolute Gasteiger partial charge is 0.183 e. The van der Waals surface area contributed by atoms with Crippen molar-refractivity contribution in [3.63, 3.8) is 0 Å². The number of nitrogens with zero attached hydrogens (tertiary/aromatic N) is 2. The molecular formula is C13H14N2O2S2. The van der Waals surface area contributed by atoms with Gasteiger partial charge >= 0.3 is 0 Å². The van der Waals surface area contributed by atoms with Gasteiger partial charge in [0.05, 0.1) is 9.77 Å². The lowest BCUT2D eigenvalue weighted by atomic mass is 10.0. The fraction of sp³-hybridized carbons (Fsp3) is 0.308. The van der Waals surface area contributed by atoms with E-state index in [0.29, 0.717) is 0 Å². The molecule has 3 rings (SSSR count). The van der Waals surface area contributed by atoms with E-state index in [1.165, 1.54) is 38.9 Å². The summed E-state index contributed by atoms with van der Waals surface area (Å²) < 4.78 is 25.8. The molecule has 1 aliphatic rings. The predicted octanol–water partition coefficient (Wildman–Crippen LogP) is 2.44. The van der Waals surface area contributed by atoms with Crippen molar-refractivity contribution in [1.82, 2.24) is 0 Å². The van der Waals surface area contributed by atoms with Gasteiger partial charge < -0.3 is 4.83 Å². The highest BCUT2D eigenvalue weighted by atomic mass is 32.2. The first-order chi connectivity index (χ1) is 9.15. The highest BCUT2D eigenvalue weighted by Gasteiger charge is 2.18. The predicted molar refractivity (Wildman–Crippen MR) is 73.5 cm³/mol. The van der Waals surface area contributed by atoms with E-state index < -0.39 is 10.0 Å². The largest absolute Gasteiger partial charge is 0.303 e. The molecule has 1 aromatic carbocycles. The summed E-state index contributed by atoms with van der Waals surface area (Å²) in [6.45, 7) is 0. The van der Waals surface area contributed by atoms with Gasteiger partial charge in [-0.3, -0.25) is 0 Å². The molecule has 2 aromatic rings. The Bertz CT molecular complexity index is 654. The first kappa shape index (κ1) is 12.6. The summed E-state index contributed by atoms with van der Waals surface area (Å²) in [6.07, 6.45) is 6.27. The third-order valence-corrected chi connectivity index (χ3v) is 5.58. The van der Waals surface area contributed by atoms with Gasteiger partial charge in [-0.05, 0) is 37.8 Å². The zero-order valence-corrected chi connectivity index (χ0v) is 12.0. The monoisotopic (exact) mass is 294 g/mol. The van der Waals surface area contributed by atoms with Crippen molar-refractivity contribution in [2.24, 2.45) is 0 Å². The van der Waals surface area contributed by atoms with Crippen LogP contribution < -0.4 is 4.07 Å². The summed E-state index contributed by atoms with van der Waals surface area (Å²) >= 11 is 1.43. The standard InChI is InChI=1S/C13H14N2O2S2/c16-19(17,12-7-2-1-3-8-12)14-15-10-11-6-4-5-9-13(11)18-15/h1-3,7-8,10H,4-6,9H2. The van der Waals surface area contributed by atoms with Gasteiger partial charge in [0.2, 0.25) is 0 Å². The lowest BCUT2D eigenvalue weighted by Crippen LogP contribution is -2.26. The maximum absolute atomic E-state index is 12.1. The van der Waals surface area contributed by atoms with E-state index in [-0.39, 0.29) is 4.90 Å². The molecule has 0 bridgehead atoms. The number of aromatic nitrogens is 1. The Balaban J connectivity index is 1.87. The lowest BCUT2D eigenvalue weighted by molar-refractivity contribution is -0.539. The Labute approximate surface area is 116 Å². The fourth-order valence-corrected chi connectivity index (χ4v) is 4.36. The van der Waals surface area contributed by atoms with Crippen molar-refractivity contribution in [2.75, 3.05) is 0 Å². The van der Waals surface area contributed by atoms with Crippen LogP contribution in [0.25, 0.3) is 4.83 Å². The van der Waals surface area contributed by atoms with Gasteiger partial charge in [0.25, 0.3) is 0 Å². The Morgan fingerprint density at radius 1 is 1.11 bits per heavy atom. The van der Waals surface area contributed by atoms with Crippen molar-refractivity contribution in [3.8, 4) is 0 Å². The topological polar surface area (TPSA) is 52.1 Å². The molecule has 0 saturated heterocycles. The van der Waals surface area contributed by atoms with Gasteiger partial charge in [-0.1, -0.05) is 18.2 Å². The second kappa shape index (κ2) is 4.94. The molecule has 1 heterocycles. The van der Waals surface area contributed by atoms with E-state index in [2.05, 4.69) is 4.83 Å². The van der Waals surface area contributed by atoms with Crippen LogP contribution in [0.5, 0.6) is 0 Å². The number of hydrogen-bond acceptors (Lipinski definition) is 3. The molecular weight excluding hydrogens is 280 g/mol. The Kier molecular flexibility index (Phi) is 3.28. The van der Waals surface area contributed by atoms with Gasteiger partial charge in [0.15, 0.2) is 16.2 Å². The Morgan fingerprint density at radius 2 is 1.84 bits per heavy atom. The summed E-state index contributed by atoms with van der Waals surface area (Å²) in [6, 6.07) is 8.31. The molecule has 0 fully saturated rings. The van der Waals surface area contributed by atoms with Crippen molar-refractivity contribution >= 4 is 21.6 Å². The molecule has 0 radical (unpaired) electrons. The molecule has 100 valence electrons. The van der Waals surface area contributed by atoms with Gasteiger partial charge in [-0.15, -0.1) is 0 Å². The number of sulfonamides is 1. The van der Waals surface area contributed by atoms with Crippen LogP contribution in [0.3, 0.4) is 0 Å². The van der Waals surface area contributed by atoms with Crippen LogP contribution in [0, 0.1) is 0 Å². The molecule has 0 aliphatic heterocycles. The molecule has 0 amide bonds. The average molecular weight is 294 g/mol. The van der Waals surface area contributed by atoms with Crippen LogP contribution in [0.4, 0.5) is 0 Å². The molecule has 6 heteroatoms. The summed E-state index contributed by atoms with van der Waals surface area (Å²) in [5.74, 6) is 0. The zero-order valence-electron chi connectivity index (χ0n) is 10.3. The van der Waals surface area contributed by atoms with E-state index in [9.17, 15) is 8.42 Å². The Hall–Kier alpha value is -1.40. The normalized spacial score (nSPS) is 14.9. The fourth-order valence-electron chi connectivity index (χ4n) is 2.20. The SMILES string of the molecule is O=S(=O)([N-][n+]1cc2c(s1)CCCC2)c1ccccc1. The number of hydrogen-bond donors (Lipinski definition) is 0. The van der Waals surface area contributed by atoms with E-state index >= 15 is 0 Å². The zero-order chi connectivity index (χ0) is 13.3. The minimum Gasteiger partial charge on any atom is -0.303 e. The van der Waals surface area contributed by atoms with Crippen LogP contribution >= 0.6 is 11.5 Å². The highest BCUT2D eigenvalue weighted by molar-refractivity contribution is 7.93. The van der Waals surface area contributed by atoms with Gasteiger partial charge in [-0.2, -0.15) is 4.07 Å². The molecule has 0 saturated carbocycles. The van der Waals surface area contributed by atoms with Gasteiger partial charge in [0.1, 0.15) is 11.5 Å². The van der Waals surface area contributed by atoms with E-state index in [0.717, 1.165) is 12.8 Å². The highest BCUT2D eigenvalue weighted by Crippen LogP contribution is 2.24. The lowest BCUT2D eigenvalue weighted by Gasteiger charge is -2.11. The summed E-state index contributed by atoms with van der Waals surface area (Å²) in [4.78, 5) is 5.37. The maximum Gasteiger partial charge on any atom is 0.183 e. The average Bonchev–Trinajstić information content (AvgIpc) is 2.81. The number of aryl methyl sites for hydroxylation is 2. The molecule has 1 aromatic heterocycles. The molecule has 1 aliphatic carbocycles. The second-order valence-corrected chi connectivity index (χ2v) is 7.18. The van der Waals surface area contributed by atoms with E-state index in [1.54, 1.807) is 30.3 Å². The molecule has 4 nitrogen and oxygen atoms in total. The molecule has 0 spiro atoms. The van der Waals surface area contributed by atoms with Crippen molar-refractivity contribution in [3.05, 3.63) is 51.8 Å². The summed E-state index contributed by atoms with van der Waals surface area (Å²) in [5, 5.41) is 0. The van der Waals surface area contributed by atoms with Crippen LogP contribution in [-0.4, -0.2) is 8.42 Å². The Morgan fingerprint density at radius 3 is 2.58 bits per heavy atom. The minimum atomic E-state index is -3.61. The minimum absolute atomic E-state index is 0.230. The quantitative estimate of drug-likeness (QED) is 0.816. The van der Waals surface area contributed by atoms with Gasteiger partial charge in [-0.25, -0.2) is 8.42 Å². The third-order valence-electron chi connectivity index (χ3n) is 3.16. The van der Waals surface area contributed by atoms with E-state index in [1.807, 2.05) is 6.20 Å². The van der Waals surface area contributed by atoms with Crippen LogP contribution in [0.2, 0.25) is 0 Å². The van der Waals surface area contributed by atoms with Crippen molar-refractivity contribution in [2.45, 2.75) is 30.6 Å². The molecule has 0 N–H and O–H groups in total. The van der Waals surface area contributed by atoms with Crippen molar-refractivity contribution in [1.29, 1.82) is 0 Å². The molecule has 0 atom stereocenters. The van der Waals surface area contributed by atoms with Crippen molar-refractivity contribution < 1.29 is 12.5 Å². The third kappa shape index (κ3) is 2.64. The molecule has 19 heavy (non-hydrogen) atoms. The number of rotatable bonds is 3. The number of fused-ring (bicyclic) bond motifs is 1. The van der Waals surface area contributed by atoms with Crippen LogP contribution in [0.15, 0.2) is 41.4 Å². The first-order valence-corrected chi connectivity index (χ1v) is 8.43. The first-order valence-electron chi connectivity index (χ1n) is 6.22.